The normalized spacial score (nSPS) is 10.4. The summed E-state index contributed by atoms with van der Waals surface area (Å²) in [5.41, 5.74) is 1.24. The van der Waals surface area contributed by atoms with Crippen molar-refractivity contribution in [2.45, 2.75) is 25.0 Å². The van der Waals surface area contributed by atoms with E-state index >= 15 is 0 Å². The van der Waals surface area contributed by atoms with Crippen molar-refractivity contribution in [1.82, 2.24) is 25.5 Å². The molecule has 23 heavy (non-hydrogen) atoms. The molecule has 0 saturated carbocycles. The van der Waals surface area contributed by atoms with Crippen LogP contribution in [-0.4, -0.2) is 39.1 Å². The number of aryl methyl sites for hydroxylation is 1. The molecule has 0 atom stereocenters. The van der Waals surface area contributed by atoms with Gasteiger partial charge in [0, 0.05) is 19.3 Å². The van der Waals surface area contributed by atoms with Crippen LogP contribution >= 0.6 is 40.1 Å². The van der Waals surface area contributed by atoms with Gasteiger partial charge in [0.05, 0.1) is 11.1 Å². The molecule has 1 aromatic heterocycles. The minimum atomic E-state index is 0. The number of thioether (sulfide) groups is 1. The van der Waals surface area contributed by atoms with Gasteiger partial charge < -0.3 is 10.1 Å². The lowest BCUT2D eigenvalue weighted by atomic mass is 10.2. The fraction of sp³-hybridized carbons (Fsp3) is 0.500. The van der Waals surface area contributed by atoms with Crippen LogP contribution in [0.1, 0.15) is 18.9 Å². The van der Waals surface area contributed by atoms with E-state index < -0.39 is 0 Å². The highest BCUT2D eigenvalue weighted by atomic mass is 79.9. The summed E-state index contributed by atoms with van der Waals surface area (Å²) >= 11 is 5.21. The smallest absolute Gasteiger partial charge is 0.209 e. The fourth-order valence-corrected chi connectivity index (χ4v) is 3.19. The molecule has 9 heteroatoms. The number of benzene rings is 1. The summed E-state index contributed by atoms with van der Waals surface area (Å²) in [6.45, 7) is 4.47. The van der Waals surface area contributed by atoms with Gasteiger partial charge in [-0.25, -0.2) is 4.68 Å². The van der Waals surface area contributed by atoms with E-state index in [1.54, 1.807) is 16.4 Å². The Bertz CT molecular complexity index is 598. The molecule has 1 aromatic carbocycles. The Kier molecular flexibility index (Phi) is 9.54. The lowest BCUT2D eigenvalue weighted by molar-refractivity contribution is 0.338. The monoisotopic (exact) mass is 421 g/mol. The van der Waals surface area contributed by atoms with Crippen molar-refractivity contribution in [3.8, 4) is 5.75 Å². The van der Waals surface area contributed by atoms with E-state index in [0.29, 0.717) is 6.61 Å². The predicted octanol–water partition coefficient (Wildman–Crippen LogP) is 3.07. The van der Waals surface area contributed by atoms with Crippen LogP contribution in [0.2, 0.25) is 0 Å². The summed E-state index contributed by atoms with van der Waals surface area (Å²) in [5, 5.41) is 15.7. The molecule has 0 aliphatic heterocycles. The third-order valence-corrected chi connectivity index (χ3v) is 4.65. The summed E-state index contributed by atoms with van der Waals surface area (Å²) in [6, 6.07) is 6.18. The maximum Gasteiger partial charge on any atom is 0.209 e. The van der Waals surface area contributed by atoms with Crippen LogP contribution in [0.25, 0.3) is 0 Å². The Morgan fingerprint density at radius 1 is 1.39 bits per heavy atom. The van der Waals surface area contributed by atoms with Gasteiger partial charge in [-0.05, 0) is 63.9 Å². The SMILES string of the molecule is CCOc1ccc(CNCCCSc2nnnn2C)cc1Br.Cl. The lowest BCUT2D eigenvalue weighted by Crippen LogP contribution is -2.15. The Labute approximate surface area is 155 Å². The maximum absolute atomic E-state index is 5.51. The molecule has 0 radical (unpaired) electrons. The number of hydrogen-bond acceptors (Lipinski definition) is 6. The predicted molar refractivity (Wildman–Crippen MR) is 98.4 cm³/mol. The Morgan fingerprint density at radius 2 is 2.22 bits per heavy atom. The third kappa shape index (κ3) is 6.66. The van der Waals surface area contributed by atoms with E-state index in [2.05, 4.69) is 48.9 Å². The molecule has 0 aliphatic carbocycles. The zero-order valence-corrected chi connectivity index (χ0v) is 16.4. The van der Waals surface area contributed by atoms with Crippen molar-refractivity contribution < 1.29 is 4.74 Å². The molecule has 6 nitrogen and oxygen atoms in total. The Hall–Kier alpha value is -0.830. The largest absolute Gasteiger partial charge is 0.493 e. The van der Waals surface area contributed by atoms with Gasteiger partial charge in [0.1, 0.15) is 5.75 Å². The molecule has 128 valence electrons. The summed E-state index contributed by atoms with van der Waals surface area (Å²) in [5.74, 6) is 1.88. The molecule has 2 aromatic rings. The molecule has 0 aliphatic rings. The van der Waals surface area contributed by atoms with Gasteiger partial charge in [-0.15, -0.1) is 17.5 Å². The average molecular weight is 423 g/mol. The number of aromatic nitrogens is 4. The molecule has 1 heterocycles. The minimum absolute atomic E-state index is 0. The van der Waals surface area contributed by atoms with E-state index in [4.69, 9.17) is 4.74 Å². The van der Waals surface area contributed by atoms with E-state index in [9.17, 15) is 0 Å². The summed E-state index contributed by atoms with van der Waals surface area (Å²) < 4.78 is 8.20. The Balaban J connectivity index is 0.00000264. The van der Waals surface area contributed by atoms with Gasteiger partial charge in [-0.1, -0.05) is 17.8 Å². The van der Waals surface area contributed by atoms with Crippen molar-refractivity contribution in [2.24, 2.45) is 7.05 Å². The first-order chi connectivity index (χ1) is 10.7. The second kappa shape index (κ2) is 10.9. The van der Waals surface area contributed by atoms with E-state index in [-0.39, 0.29) is 12.4 Å². The molecule has 0 fully saturated rings. The highest BCUT2D eigenvalue weighted by molar-refractivity contribution is 9.10. The quantitative estimate of drug-likeness (QED) is 0.495. The standard InChI is InChI=1S/C14H20BrN5OS.ClH/c1-3-21-13-6-5-11(9-12(13)15)10-16-7-4-8-22-14-17-18-19-20(14)2;/h5-6,9,16H,3-4,7-8,10H2,1-2H3;1H. The molecule has 0 bridgehead atoms. The number of hydrogen-bond donors (Lipinski definition) is 1. The van der Waals surface area contributed by atoms with Gasteiger partial charge in [0.25, 0.3) is 0 Å². The number of ether oxygens (including phenoxy) is 1. The molecular formula is C14H21BrClN5OS. The second-order valence-electron chi connectivity index (χ2n) is 4.66. The van der Waals surface area contributed by atoms with Gasteiger partial charge in [-0.3, -0.25) is 0 Å². The molecule has 0 amide bonds. The van der Waals surface area contributed by atoms with E-state index in [1.807, 2.05) is 20.0 Å². The van der Waals surface area contributed by atoms with Crippen molar-refractivity contribution in [2.75, 3.05) is 18.9 Å². The lowest BCUT2D eigenvalue weighted by Gasteiger charge is -2.09. The Morgan fingerprint density at radius 3 is 2.87 bits per heavy atom. The van der Waals surface area contributed by atoms with Crippen LogP contribution in [0.3, 0.4) is 0 Å². The molecule has 0 unspecified atom stereocenters. The van der Waals surface area contributed by atoms with Crippen LogP contribution in [-0.2, 0) is 13.6 Å². The second-order valence-corrected chi connectivity index (χ2v) is 6.58. The highest BCUT2D eigenvalue weighted by Gasteiger charge is 2.03. The van der Waals surface area contributed by atoms with Gasteiger partial charge in [0.15, 0.2) is 0 Å². The number of tetrazole rings is 1. The summed E-state index contributed by atoms with van der Waals surface area (Å²) in [6.07, 6.45) is 1.07. The topological polar surface area (TPSA) is 64.9 Å². The number of halogens is 2. The van der Waals surface area contributed by atoms with Crippen LogP contribution in [0.15, 0.2) is 27.8 Å². The summed E-state index contributed by atoms with van der Waals surface area (Å²) in [4.78, 5) is 0. The molecular weight excluding hydrogens is 402 g/mol. The third-order valence-electron chi connectivity index (χ3n) is 2.94. The first kappa shape index (κ1) is 20.2. The summed E-state index contributed by atoms with van der Waals surface area (Å²) in [7, 11) is 1.85. The zero-order chi connectivity index (χ0) is 15.8. The highest BCUT2D eigenvalue weighted by Crippen LogP contribution is 2.25. The molecule has 2 rings (SSSR count). The fourth-order valence-electron chi connectivity index (χ4n) is 1.86. The molecule has 0 saturated heterocycles. The van der Waals surface area contributed by atoms with Crippen molar-refractivity contribution in [3.05, 3.63) is 28.2 Å². The van der Waals surface area contributed by atoms with Crippen molar-refractivity contribution in [3.63, 3.8) is 0 Å². The van der Waals surface area contributed by atoms with Crippen molar-refractivity contribution >= 4 is 40.1 Å². The van der Waals surface area contributed by atoms with E-state index in [0.717, 1.165) is 40.6 Å². The molecule has 0 spiro atoms. The minimum Gasteiger partial charge on any atom is -0.493 e. The van der Waals surface area contributed by atoms with Crippen LogP contribution in [0.4, 0.5) is 0 Å². The van der Waals surface area contributed by atoms with Gasteiger partial charge in [0.2, 0.25) is 5.16 Å². The van der Waals surface area contributed by atoms with Gasteiger partial charge in [-0.2, -0.15) is 0 Å². The van der Waals surface area contributed by atoms with E-state index in [1.165, 1.54) is 5.56 Å². The number of nitrogens with zero attached hydrogens (tertiary/aromatic N) is 4. The first-order valence-corrected chi connectivity index (χ1v) is 8.95. The maximum atomic E-state index is 5.51. The zero-order valence-electron chi connectivity index (χ0n) is 13.2. The first-order valence-electron chi connectivity index (χ1n) is 7.17. The van der Waals surface area contributed by atoms with Crippen molar-refractivity contribution in [1.29, 1.82) is 0 Å². The van der Waals surface area contributed by atoms with Crippen LogP contribution in [0, 0.1) is 0 Å². The van der Waals surface area contributed by atoms with Gasteiger partial charge >= 0.3 is 0 Å². The number of nitrogens with one attached hydrogen (secondary N) is 1. The molecule has 1 N–H and O–H groups in total. The average Bonchev–Trinajstić information content (AvgIpc) is 2.91. The number of rotatable bonds is 9. The van der Waals surface area contributed by atoms with Crippen LogP contribution < -0.4 is 10.1 Å². The van der Waals surface area contributed by atoms with Crippen LogP contribution in [0.5, 0.6) is 5.75 Å².